The Hall–Kier alpha value is -1.99. The van der Waals surface area contributed by atoms with Gasteiger partial charge < -0.3 is 9.47 Å². The van der Waals surface area contributed by atoms with Crippen molar-refractivity contribution in [2.75, 3.05) is 19.5 Å². The molecule has 1 aromatic heterocycles. The van der Waals surface area contributed by atoms with Gasteiger partial charge in [-0.3, -0.25) is 4.98 Å². The van der Waals surface area contributed by atoms with Crippen molar-refractivity contribution >= 4 is 9.84 Å². The lowest BCUT2D eigenvalue weighted by Gasteiger charge is -2.11. The molecule has 0 radical (unpaired) electrons. The van der Waals surface area contributed by atoms with Gasteiger partial charge in [-0.05, 0) is 25.0 Å². The van der Waals surface area contributed by atoms with Crippen molar-refractivity contribution in [3.05, 3.63) is 36.7 Å². The topological polar surface area (TPSA) is 78.4 Å². The highest BCUT2D eigenvalue weighted by Gasteiger charge is 2.16. The number of hydrogen-bond acceptors (Lipinski definition) is 6. The molecule has 7 heteroatoms. The smallest absolute Gasteiger partial charge is 0.232 e. The molecule has 1 saturated heterocycles. The molecule has 3 rings (SSSR count). The number of hydrogen-bond donors (Lipinski definition) is 0. The molecule has 1 fully saturated rings. The minimum atomic E-state index is -3.20. The first-order chi connectivity index (χ1) is 11.0. The van der Waals surface area contributed by atoms with E-state index in [9.17, 15) is 8.42 Å². The standard InChI is InChI=1S/C16H18N2O4S/c1-23(19,20)14-6-4-12(5-7-14)15-9-17-10-16(18-15)22-11-13-3-2-8-21-13/h4-7,9-10,13H,2-3,8,11H2,1H3. The van der Waals surface area contributed by atoms with E-state index in [1.54, 1.807) is 36.7 Å². The van der Waals surface area contributed by atoms with E-state index in [1.165, 1.54) is 6.26 Å². The van der Waals surface area contributed by atoms with Gasteiger partial charge >= 0.3 is 0 Å². The fourth-order valence-corrected chi connectivity index (χ4v) is 3.01. The van der Waals surface area contributed by atoms with Crippen molar-refractivity contribution in [2.24, 2.45) is 0 Å². The first-order valence-corrected chi connectivity index (χ1v) is 9.28. The van der Waals surface area contributed by atoms with E-state index in [-0.39, 0.29) is 11.0 Å². The molecule has 1 unspecified atom stereocenters. The lowest BCUT2D eigenvalue weighted by Crippen LogP contribution is -2.16. The van der Waals surface area contributed by atoms with Crippen LogP contribution in [0.25, 0.3) is 11.3 Å². The van der Waals surface area contributed by atoms with Gasteiger partial charge in [-0.25, -0.2) is 13.4 Å². The summed E-state index contributed by atoms with van der Waals surface area (Å²) in [5.74, 6) is 0.435. The number of aromatic nitrogens is 2. The highest BCUT2D eigenvalue weighted by Crippen LogP contribution is 2.21. The summed E-state index contributed by atoms with van der Waals surface area (Å²) < 4.78 is 34.1. The van der Waals surface area contributed by atoms with Crippen molar-refractivity contribution in [1.82, 2.24) is 9.97 Å². The van der Waals surface area contributed by atoms with Gasteiger partial charge in [0.2, 0.25) is 5.88 Å². The second-order valence-electron chi connectivity index (χ2n) is 5.49. The molecular weight excluding hydrogens is 316 g/mol. The summed E-state index contributed by atoms with van der Waals surface area (Å²) >= 11 is 0. The first kappa shape index (κ1) is 15.9. The number of nitrogens with zero attached hydrogens (tertiary/aromatic N) is 2. The minimum Gasteiger partial charge on any atom is -0.474 e. The van der Waals surface area contributed by atoms with Crippen LogP contribution in [0.3, 0.4) is 0 Å². The Bertz CT molecular complexity index is 769. The molecule has 0 saturated carbocycles. The van der Waals surface area contributed by atoms with Crippen LogP contribution in [0.1, 0.15) is 12.8 Å². The Morgan fingerprint density at radius 1 is 1.26 bits per heavy atom. The van der Waals surface area contributed by atoms with Gasteiger partial charge in [-0.1, -0.05) is 12.1 Å². The predicted molar refractivity (Wildman–Crippen MR) is 85.0 cm³/mol. The molecule has 1 atom stereocenters. The van der Waals surface area contributed by atoms with Crippen LogP contribution >= 0.6 is 0 Å². The van der Waals surface area contributed by atoms with E-state index in [2.05, 4.69) is 9.97 Å². The summed E-state index contributed by atoms with van der Waals surface area (Å²) in [4.78, 5) is 8.81. The number of rotatable bonds is 5. The van der Waals surface area contributed by atoms with Crippen LogP contribution in [0.15, 0.2) is 41.6 Å². The summed E-state index contributed by atoms with van der Waals surface area (Å²) in [5.41, 5.74) is 1.42. The summed E-state index contributed by atoms with van der Waals surface area (Å²) in [6, 6.07) is 6.55. The van der Waals surface area contributed by atoms with Gasteiger partial charge in [0.25, 0.3) is 0 Å². The second kappa shape index (κ2) is 6.64. The molecule has 1 aromatic carbocycles. The largest absolute Gasteiger partial charge is 0.474 e. The zero-order chi connectivity index (χ0) is 16.3. The molecule has 122 valence electrons. The normalized spacial score (nSPS) is 18.0. The molecule has 23 heavy (non-hydrogen) atoms. The van der Waals surface area contributed by atoms with E-state index < -0.39 is 9.84 Å². The molecule has 2 aromatic rings. The van der Waals surface area contributed by atoms with E-state index in [0.717, 1.165) is 25.0 Å². The first-order valence-electron chi connectivity index (χ1n) is 7.39. The number of ether oxygens (including phenoxy) is 2. The average Bonchev–Trinajstić information content (AvgIpc) is 3.06. The zero-order valence-corrected chi connectivity index (χ0v) is 13.6. The molecule has 0 aliphatic carbocycles. The van der Waals surface area contributed by atoms with Crippen molar-refractivity contribution < 1.29 is 17.9 Å². The SMILES string of the molecule is CS(=O)(=O)c1ccc(-c2cncc(OCC3CCCO3)n2)cc1. The van der Waals surface area contributed by atoms with Crippen LogP contribution in [0.2, 0.25) is 0 Å². The van der Waals surface area contributed by atoms with E-state index in [0.29, 0.717) is 18.2 Å². The molecule has 0 amide bonds. The molecule has 1 aliphatic heterocycles. The van der Waals surface area contributed by atoms with Crippen molar-refractivity contribution in [1.29, 1.82) is 0 Å². The average molecular weight is 334 g/mol. The Kier molecular flexibility index (Phi) is 4.58. The molecule has 0 N–H and O–H groups in total. The summed E-state index contributed by atoms with van der Waals surface area (Å²) in [6.45, 7) is 1.25. The van der Waals surface area contributed by atoms with Crippen LogP contribution in [0.5, 0.6) is 5.88 Å². The zero-order valence-electron chi connectivity index (χ0n) is 12.8. The molecule has 0 spiro atoms. The Morgan fingerprint density at radius 2 is 2.04 bits per heavy atom. The Labute approximate surface area is 135 Å². The third kappa shape index (κ3) is 4.05. The lowest BCUT2D eigenvalue weighted by atomic mass is 10.2. The highest BCUT2D eigenvalue weighted by atomic mass is 32.2. The van der Waals surface area contributed by atoms with Crippen LogP contribution in [0.4, 0.5) is 0 Å². The van der Waals surface area contributed by atoms with Crippen molar-refractivity contribution in [3.63, 3.8) is 0 Å². The van der Waals surface area contributed by atoms with Crippen molar-refractivity contribution in [2.45, 2.75) is 23.8 Å². The van der Waals surface area contributed by atoms with Gasteiger partial charge in [0.05, 0.1) is 29.1 Å². The monoisotopic (exact) mass is 334 g/mol. The number of benzene rings is 1. The van der Waals surface area contributed by atoms with Gasteiger partial charge in [0.15, 0.2) is 9.84 Å². The third-order valence-electron chi connectivity index (χ3n) is 3.63. The van der Waals surface area contributed by atoms with Gasteiger partial charge in [-0.15, -0.1) is 0 Å². The maximum Gasteiger partial charge on any atom is 0.232 e. The van der Waals surface area contributed by atoms with Crippen LogP contribution in [0, 0.1) is 0 Å². The quantitative estimate of drug-likeness (QED) is 0.833. The predicted octanol–water partition coefficient (Wildman–Crippen LogP) is 2.10. The highest BCUT2D eigenvalue weighted by molar-refractivity contribution is 7.90. The summed E-state index contributed by atoms with van der Waals surface area (Å²) in [6.07, 6.45) is 6.54. The fraction of sp³-hybridized carbons (Fsp3) is 0.375. The van der Waals surface area contributed by atoms with Gasteiger partial charge in [-0.2, -0.15) is 0 Å². The fourth-order valence-electron chi connectivity index (χ4n) is 2.38. The third-order valence-corrected chi connectivity index (χ3v) is 4.76. The maximum atomic E-state index is 11.5. The molecular formula is C16H18N2O4S. The molecule has 2 heterocycles. The molecule has 0 bridgehead atoms. The van der Waals surface area contributed by atoms with Gasteiger partial charge in [0.1, 0.15) is 6.61 Å². The Balaban J connectivity index is 1.73. The maximum absolute atomic E-state index is 11.5. The van der Waals surface area contributed by atoms with Gasteiger partial charge in [0, 0.05) is 18.4 Å². The summed E-state index contributed by atoms with van der Waals surface area (Å²) in [7, 11) is -3.20. The van der Waals surface area contributed by atoms with Crippen molar-refractivity contribution in [3.8, 4) is 17.1 Å². The molecule has 1 aliphatic rings. The lowest BCUT2D eigenvalue weighted by molar-refractivity contribution is 0.0662. The van der Waals surface area contributed by atoms with Crippen LogP contribution in [-0.4, -0.2) is 44.0 Å². The van der Waals surface area contributed by atoms with E-state index in [4.69, 9.17) is 9.47 Å². The van der Waals surface area contributed by atoms with E-state index in [1.807, 2.05) is 0 Å². The van der Waals surface area contributed by atoms with Crippen LogP contribution in [-0.2, 0) is 14.6 Å². The summed E-state index contributed by atoms with van der Waals surface area (Å²) in [5, 5.41) is 0. The second-order valence-corrected chi connectivity index (χ2v) is 7.50. The van der Waals surface area contributed by atoms with Crippen LogP contribution < -0.4 is 4.74 Å². The minimum absolute atomic E-state index is 0.120. The number of sulfone groups is 1. The van der Waals surface area contributed by atoms with E-state index >= 15 is 0 Å². The molecule has 6 nitrogen and oxygen atoms in total. The Morgan fingerprint density at radius 3 is 2.70 bits per heavy atom.